The van der Waals surface area contributed by atoms with Gasteiger partial charge in [-0.1, -0.05) is 0 Å². The average molecular weight is 232 g/mol. The molecule has 90 valence electrons. The van der Waals surface area contributed by atoms with Gasteiger partial charge in [-0.25, -0.2) is 0 Å². The Labute approximate surface area is 101 Å². The molecule has 2 N–H and O–H groups in total. The highest BCUT2D eigenvalue weighted by Gasteiger charge is 2.17. The Bertz CT molecular complexity index is 445. The quantitative estimate of drug-likeness (QED) is 0.809. The van der Waals surface area contributed by atoms with Crippen molar-refractivity contribution in [1.82, 2.24) is 0 Å². The summed E-state index contributed by atoms with van der Waals surface area (Å²) in [5.74, 6) is 0.581. The molecular formula is C13H16N2O2. The van der Waals surface area contributed by atoms with Crippen molar-refractivity contribution >= 4 is 5.69 Å². The molecule has 0 bridgehead atoms. The molecule has 1 aromatic rings. The van der Waals surface area contributed by atoms with Crippen molar-refractivity contribution in [3.05, 3.63) is 23.3 Å². The molecule has 0 spiro atoms. The van der Waals surface area contributed by atoms with Gasteiger partial charge in [0, 0.05) is 6.61 Å². The lowest BCUT2D eigenvalue weighted by Crippen LogP contribution is -2.17. The fraction of sp³-hybridized carbons (Fsp3) is 0.462. The average Bonchev–Trinajstić information content (AvgIpc) is 2.82. The minimum Gasteiger partial charge on any atom is -0.489 e. The van der Waals surface area contributed by atoms with Crippen LogP contribution in [0.15, 0.2) is 12.1 Å². The van der Waals surface area contributed by atoms with Gasteiger partial charge in [-0.2, -0.15) is 5.26 Å². The summed E-state index contributed by atoms with van der Waals surface area (Å²) in [6, 6.07) is 5.68. The third-order valence-electron chi connectivity index (χ3n) is 2.86. The number of anilines is 1. The first-order chi connectivity index (χ1) is 8.20. The second-order valence-electron chi connectivity index (χ2n) is 4.28. The Kier molecular flexibility index (Phi) is 3.50. The lowest BCUT2D eigenvalue weighted by atomic mass is 10.1. The van der Waals surface area contributed by atoms with Crippen molar-refractivity contribution in [2.24, 2.45) is 0 Å². The van der Waals surface area contributed by atoms with Crippen LogP contribution in [0.3, 0.4) is 0 Å². The summed E-state index contributed by atoms with van der Waals surface area (Å²) in [5.41, 5.74) is 7.71. The summed E-state index contributed by atoms with van der Waals surface area (Å²) in [7, 11) is 0. The molecule has 0 aliphatic carbocycles. The summed E-state index contributed by atoms with van der Waals surface area (Å²) < 4.78 is 11.1. The zero-order valence-corrected chi connectivity index (χ0v) is 9.90. The number of aryl methyl sites for hydroxylation is 1. The van der Waals surface area contributed by atoms with Crippen LogP contribution in [0.4, 0.5) is 5.69 Å². The number of nitrogen functional groups attached to an aromatic ring is 1. The molecule has 1 atom stereocenters. The van der Waals surface area contributed by atoms with Gasteiger partial charge in [0.25, 0.3) is 0 Å². The monoisotopic (exact) mass is 232 g/mol. The third kappa shape index (κ3) is 2.69. The van der Waals surface area contributed by atoms with Gasteiger partial charge >= 0.3 is 0 Å². The van der Waals surface area contributed by atoms with Gasteiger partial charge < -0.3 is 15.2 Å². The highest BCUT2D eigenvalue weighted by atomic mass is 16.5. The van der Waals surface area contributed by atoms with Gasteiger partial charge in [-0.15, -0.1) is 0 Å². The lowest BCUT2D eigenvalue weighted by Gasteiger charge is -2.14. The van der Waals surface area contributed by atoms with Crippen LogP contribution in [-0.4, -0.2) is 19.3 Å². The van der Waals surface area contributed by atoms with Crippen LogP contribution >= 0.6 is 0 Å². The molecular weight excluding hydrogens is 216 g/mol. The van der Waals surface area contributed by atoms with E-state index in [1.807, 2.05) is 13.0 Å². The van der Waals surface area contributed by atoms with E-state index >= 15 is 0 Å². The van der Waals surface area contributed by atoms with Crippen LogP contribution in [0.5, 0.6) is 5.75 Å². The van der Waals surface area contributed by atoms with E-state index in [2.05, 4.69) is 6.07 Å². The van der Waals surface area contributed by atoms with Crippen molar-refractivity contribution in [3.63, 3.8) is 0 Å². The second kappa shape index (κ2) is 5.07. The van der Waals surface area contributed by atoms with E-state index in [1.165, 1.54) is 0 Å². The Hall–Kier alpha value is -1.73. The smallest absolute Gasteiger partial charge is 0.143 e. The van der Waals surface area contributed by atoms with Gasteiger partial charge in [0.2, 0.25) is 0 Å². The van der Waals surface area contributed by atoms with E-state index in [0.717, 1.165) is 25.0 Å². The predicted molar refractivity (Wildman–Crippen MR) is 64.8 cm³/mol. The Morgan fingerprint density at radius 1 is 1.59 bits per heavy atom. The molecule has 17 heavy (non-hydrogen) atoms. The van der Waals surface area contributed by atoms with Crippen molar-refractivity contribution < 1.29 is 9.47 Å². The van der Waals surface area contributed by atoms with Gasteiger partial charge in [-0.05, 0) is 37.5 Å². The lowest BCUT2D eigenvalue weighted by molar-refractivity contribution is 0.0682. The van der Waals surface area contributed by atoms with E-state index in [-0.39, 0.29) is 6.10 Å². The maximum absolute atomic E-state index is 8.94. The maximum Gasteiger partial charge on any atom is 0.143 e. The summed E-state index contributed by atoms with van der Waals surface area (Å²) >= 11 is 0. The van der Waals surface area contributed by atoms with Crippen LogP contribution in [0.1, 0.15) is 24.0 Å². The molecule has 1 fully saturated rings. The van der Waals surface area contributed by atoms with Crippen molar-refractivity contribution in [2.45, 2.75) is 25.9 Å². The first kappa shape index (κ1) is 11.7. The van der Waals surface area contributed by atoms with Crippen LogP contribution in [-0.2, 0) is 4.74 Å². The van der Waals surface area contributed by atoms with Crippen LogP contribution < -0.4 is 10.5 Å². The van der Waals surface area contributed by atoms with Gasteiger partial charge in [0.15, 0.2) is 0 Å². The molecule has 1 aliphatic rings. The zero-order valence-electron chi connectivity index (χ0n) is 9.90. The molecule has 1 unspecified atom stereocenters. The largest absolute Gasteiger partial charge is 0.489 e. The molecule has 4 nitrogen and oxygen atoms in total. The zero-order chi connectivity index (χ0) is 12.3. The van der Waals surface area contributed by atoms with E-state index in [4.69, 9.17) is 20.5 Å². The second-order valence-corrected chi connectivity index (χ2v) is 4.28. The number of rotatable bonds is 3. The van der Waals surface area contributed by atoms with Crippen LogP contribution in [0, 0.1) is 18.3 Å². The fourth-order valence-electron chi connectivity index (χ4n) is 1.93. The fourth-order valence-corrected chi connectivity index (χ4v) is 1.93. The predicted octanol–water partition coefficient (Wildman–Crippen LogP) is 2.01. The molecule has 0 aromatic heterocycles. The third-order valence-corrected chi connectivity index (χ3v) is 2.86. The van der Waals surface area contributed by atoms with Gasteiger partial charge in [0.1, 0.15) is 18.4 Å². The molecule has 1 aliphatic heterocycles. The number of benzene rings is 1. The van der Waals surface area contributed by atoms with Crippen LogP contribution in [0.25, 0.3) is 0 Å². The van der Waals surface area contributed by atoms with Gasteiger partial charge in [-0.3, -0.25) is 0 Å². The molecule has 1 aromatic carbocycles. The van der Waals surface area contributed by atoms with E-state index < -0.39 is 0 Å². The standard InChI is InChI=1S/C13H16N2O2/c1-9-5-10(7-14)13(15)12(6-9)17-8-11-3-2-4-16-11/h5-6,11H,2-4,8,15H2,1H3. The summed E-state index contributed by atoms with van der Waals surface area (Å²) in [6.07, 6.45) is 2.26. The van der Waals surface area contributed by atoms with E-state index in [0.29, 0.717) is 23.6 Å². The highest BCUT2D eigenvalue weighted by molar-refractivity contribution is 5.64. The van der Waals surface area contributed by atoms with E-state index in [9.17, 15) is 0 Å². The number of hydrogen-bond donors (Lipinski definition) is 1. The maximum atomic E-state index is 8.94. The number of ether oxygens (including phenoxy) is 2. The van der Waals surface area contributed by atoms with E-state index in [1.54, 1.807) is 6.07 Å². The first-order valence-electron chi connectivity index (χ1n) is 5.75. The summed E-state index contributed by atoms with van der Waals surface area (Å²) in [4.78, 5) is 0. The molecule has 0 radical (unpaired) electrons. The molecule has 1 saturated heterocycles. The molecule has 1 heterocycles. The Balaban J connectivity index is 2.09. The Morgan fingerprint density at radius 2 is 2.41 bits per heavy atom. The van der Waals surface area contributed by atoms with Crippen molar-refractivity contribution in [3.8, 4) is 11.8 Å². The van der Waals surface area contributed by atoms with Crippen LogP contribution in [0.2, 0.25) is 0 Å². The molecule has 0 amide bonds. The summed E-state index contributed by atoms with van der Waals surface area (Å²) in [6.45, 7) is 3.22. The number of nitrogens with zero attached hydrogens (tertiary/aromatic N) is 1. The van der Waals surface area contributed by atoms with Gasteiger partial charge in [0.05, 0.1) is 17.4 Å². The molecule has 4 heteroatoms. The molecule has 0 saturated carbocycles. The topological polar surface area (TPSA) is 68.3 Å². The van der Waals surface area contributed by atoms with Crippen molar-refractivity contribution in [2.75, 3.05) is 18.9 Å². The number of nitrogens with two attached hydrogens (primary N) is 1. The van der Waals surface area contributed by atoms with Crippen molar-refractivity contribution in [1.29, 1.82) is 5.26 Å². The number of nitriles is 1. The number of hydrogen-bond acceptors (Lipinski definition) is 4. The normalized spacial score (nSPS) is 18.9. The first-order valence-corrected chi connectivity index (χ1v) is 5.75. The minimum absolute atomic E-state index is 0.153. The SMILES string of the molecule is Cc1cc(C#N)c(N)c(OCC2CCCO2)c1. The summed E-state index contributed by atoms with van der Waals surface area (Å²) in [5, 5.41) is 8.94. The highest BCUT2D eigenvalue weighted by Crippen LogP contribution is 2.27. The molecule has 2 rings (SSSR count). The Morgan fingerprint density at radius 3 is 3.06 bits per heavy atom. The minimum atomic E-state index is 0.153.